The Balaban J connectivity index is 1.66. The Labute approximate surface area is 133 Å². The number of nitrogens with one attached hydrogen (secondary N) is 1. The number of hydrogen-bond acceptors (Lipinski definition) is 6. The molecule has 0 spiro atoms. The summed E-state index contributed by atoms with van der Waals surface area (Å²) in [4.78, 5) is 21.1. The van der Waals surface area contributed by atoms with E-state index >= 15 is 0 Å². The van der Waals surface area contributed by atoms with E-state index in [9.17, 15) is 9.18 Å². The minimum absolute atomic E-state index is 0.0741. The maximum atomic E-state index is 13.4. The average molecular weight is 334 g/mol. The summed E-state index contributed by atoms with van der Waals surface area (Å²) in [6.07, 6.45) is 0. The van der Waals surface area contributed by atoms with Gasteiger partial charge in [-0.3, -0.25) is 4.79 Å². The molecule has 5 nitrogen and oxygen atoms in total. The van der Waals surface area contributed by atoms with Crippen LogP contribution in [0.15, 0.2) is 40.9 Å². The molecule has 2 aromatic heterocycles. The number of aromatic nitrogens is 2. The van der Waals surface area contributed by atoms with E-state index in [1.54, 1.807) is 12.1 Å². The molecule has 0 aliphatic carbocycles. The lowest BCUT2D eigenvalue weighted by Crippen LogP contribution is -2.15. The number of fused-ring (bicyclic) bond motifs is 1. The van der Waals surface area contributed by atoms with Crippen molar-refractivity contribution in [2.45, 2.75) is 5.16 Å². The Kier molecular flexibility index (Phi) is 4.21. The summed E-state index contributed by atoms with van der Waals surface area (Å²) in [5, 5.41) is 5.63. The molecule has 0 aliphatic rings. The fourth-order valence-electron chi connectivity index (χ4n) is 1.80. The van der Waals surface area contributed by atoms with Crippen LogP contribution in [-0.2, 0) is 4.79 Å². The third-order valence-corrected chi connectivity index (χ3v) is 4.47. The number of carbonyl (C=O) groups is 1. The molecular formula is C14H11FN4OS2. The first-order valence-corrected chi connectivity index (χ1v) is 8.18. The predicted octanol–water partition coefficient (Wildman–Crippen LogP) is 3.14. The molecule has 0 saturated carbocycles. The van der Waals surface area contributed by atoms with Crippen LogP contribution < -0.4 is 11.1 Å². The second kappa shape index (κ2) is 6.29. The van der Waals surface area contributed by atoms with Crippen molar-refractivity contribution in [1.29, 1.82) is 0 Å². The van der Waals surface area contributed by atoms with Crippen LogP contribution in [0, 0.1) is 5.82 Å². The number of hydrogen-bond donors (Lipinski definition) is 2. The van der Waals surface area contributed by atoms with Crippen LogP contribution in [0.1, 0.15) is 0 Å². The summed E-state index contributed by atoms with van der Waals surface area (Å²) in [6, 6.07) is 7.86. The molecule has 22 heavy (non-hydrogen) atoms. The van der Waals surface area contributed by atoms with Gasteiger partial charge in [0.25, 0.3) is 0 Å². The Morgan fingerprint density at radius 2 is 2.14 bits per heavy atom. The van der Waals surface area contributed by atoms with Crippen LogP contribution in [0.5, 0.6) is 0 Å². The number of thiophene rings is 1. The van der Waals surface area contributed by atoms with E-state index in [1.165, 1.54) is 23.5 Å². The van der Waals surface area contributed by atoms with E-state index in [0.29, 0.717) is 11.0 Å². The Bertz CT molecular complexity index is 837. The molecule has 112 valence electrons. The van der Waals surface area contributed by atoms with Crippen molar-refractivity contribution in [1.82, 2.24) is 9.97 Å². The molecule has 0 saturated heterocycles. The topological polar surface area (TPSA) is 80.9 Å². The van der Waals surface area contributed by atoms with E-state index in [2.05, 4.69) is 15.3 Å². The number of amides is 1. The minimum Gasteiger partial charge on any atom is -0.383 e. The number of nitrogens with two attached hydrogens (primary N) is 1. The number of anilines is 2. The molecule has 1 amide bonds. The van der Waals surface area contributed by atoms with Crippen LogP contribution in [-0.4, -0.2) is 21.6 Å². The van der Waals surface area contributed by atoms with Crippen LogP contribution in [0.3, 0.4) is 0 Å². The van der Waals surface area contributed by atoms with Gasteiger partial charge in [-0.15, -0.1) is 11.3 Å². The summed E-state index contributed by atoms with van der Waals surface area (Å²) in [5.74, 6) is -0.335. The lowest BCUT2D eigenvalue weighted by Gasteiger charge is -2.06. The van der Waals surface area contributed by atoms with Crippen molar-refractivity contribution in [2.24, 2.45) is 0 Å². The van der Waals surface area contributed by atoms with Crippen molar-refractivity contribution in [3.8, 4) is 0 Å². The monoisotopic (exact) mass is 334 g/mol. The molecule has 2 heterocycles. The van der Waals surface area contributed by atoms with E-state index in [-0.39, 0.29) is 17.3 Å². The van der Waals surface area contributed by atoms with E-state index in [4.69, 9.17) is 5.73 Å². The third kappa shape index (κ3) is 3.18. The van der Waals surface area contributed by atoms with Crippen molar-refractivity contribution in [3.05, 3.63) is 41.5 Å². The summed E-state index contributed by atoms with van der Waals surface area (Å²) in [5.41, 5.74) is 6.00. The van der Waals surface area contributed by atoms with Crippen LogP contribution in [0.2, 0.25) is 0 Å². The zero-order valence-corrected chi connectivity index (χ0v) is 12.9. The zero-order valence-electron chi connectivity index (χ0n) is 11.2. The number of benzene rings is 1. The first kappa shape index (κ1) is 14.7. The summed E-state index contributed by atoms with van der Waals surface area (Å²) in [7, 11) is 0. The van der Waals surface area contributed by atoms with Gasteiger partial charge >= 0.3 is 0 Å². The van der Waals surface area contributed by atoms with E-state index < -0.39 is 5.82 Å². The van der Waals surface area contributed by atoms with Gasteiger partial charge < -0.3 is 11.1 Å². The average Bonchev–Trinajstić information content (AvgIpc) is 2.97. The SMILES string of the molecule is Nc1nc(SCC(=O)Nc2ccccc2F)nc2sccc12. The zero-order chi connectivity index (χ0) is 15.5. The summed E-state index contributed by atoms with van der Waals surface area (Å²) in [6.45, 7) is 0. The number of nitrogen functional groups attached to an aromatic ring is 1. The second-order valence-electron chi connectivity index (χ2n) is 4.35. The van der Waals surface area contributed by atoms with E-state index in [0.717, 1.165) is 22.0 Å². The Morgan fingerprint density at radius 3 is 2.95 bits per heavy atom. The number of halogens is 1. The highest BCUT2D eigenvalue weighted by molar-refractivity contribution is 7.99. The highest BCUT2D eigenvalue weighted by Gasteiger charge is 2.10. The van der Waals surface area contributed by atoms with Crippen molar-refractivity contribution in [2.75, 3.05) is 16.8 Å². The summed E-state index contributed by atoms with van der Waals surface area (Å²) < 4.78 is 13.4. The lowest BCUT2D eigenvalue weighted by atomic mass is 10.3. The fraction of sp³-hybridized carbons (Fsp3) is 0.0714. The second-order valence-corrected chi connectivity index (χ2v) is 6.18. The van der Waals surface area contributed by atoms with Crippen LogP contribution >= 0.6 is 23.1 Å². The van der Waals surface area contributed by atoms with Gasteiger partial charge in [0.1, 0.15) is 16.5 Å². The first-order chi connectivity index (χ1) is 10.6. The minimum atomic E-state index is -0.471. The predicted molar refractivity (Wildman–Crippen MR) is 87.6 cm³/mol. The third-order valence-electron chi connectivity index (χ3n) is 2.81. The highest BCUT2D eigenvalue weighted by atomic mass is 32.2. The van der Waals surface area contributed by atoms with Crippen molar-refractivity contribution >= 4 is 50.7 Å². The molecule has 0 bridgehead atoms. The Morgan fingerprint density at radius 1 is 1.32 bits per heavy atom. The molecule has 0 fully saturated rings. The van der Waals surface area contributed by atoms with Gasteiger partial charge in [0.05, 0.1) is 16.8 Å². The smallest absolute Gasteiger partial charge is 0.234 e. The molecule has 0 aliphatic heterocycles. The maximum absolute atomic E-state index is 13.4. The molecule has 1 aromatic carbocycles. The van der Waals surface area contributed by atoms with Gasteiger partial charge in [0.15, 0.2) is 5.16 Å². The quantitative estimate of drug-likeness (QED) is 0.566. The van der Waals surface area contributed by atoms with E-state index in [1.807, 2.05) is 11.4 Å². The number of carbonyl (C=O) groups excluding carboxylic acids is 1. The van der Waals surface area contributed by atoms with Gasteiger partial charge in [-0.1, -0.05) is 23.9 Å². The molecule has 3 N–H and O–H groups in total. The van der Waals surface area contributed by atoms with Crippen LogP contribution in [0.25, 0.3) is 10.2 Å². The first-order valence-electron chi connectivity index (χ1n) is 6.31. The molecule has 3 aromatic rings. The molecular weight excluding hydrogens is 323 g/mol. The molecule has 0 unspecified atom stereocenters. The number of para-hydroxylation sites is 1. The molecule has 3 rings (SSSR count). The lowest BCUT2D eigenvalue weighted by molar-refractivity contribution is -0.113. The molecule has 0 radical (unpaired) electrons. The normalized spacial score (nSPS) is 10.8. The van der Waals surface area contributed by atoms with Crippen LogP contribution in [0.4, 0.5) is 15.9 Å². The van der Waals surface area contributed by atoms with Gasteiger partial charge in [-0.25, -0.2) is 14.4 Å². The number of nitrogens with zero attached hydrogens (tertiary/aromatic N) is 2. The highest BCUT2D eigenvalue weighted by Crippen LogP contribution is 2.26. The van der Waals surface area contributed by atoms with Crippen molar-refractivity contribution in [3.63, 3.8) is 0 Å². The number of thioether (sulfide) groups is 1. The van der Waals surface area contributed by atoms with Crippen molar-refractivity contribution < 1.29 is 9.18 Å². The maximum Gasteiger partial charge on any atom is 0.234 e. The van der Waals surface area contributed by atoms with Gasteiger partial charge in [-0.05, 0) is 23.6 Å². The standard InChI is InChI=1S/C14H11FN4OS2/c15-9-3-1-2-4-10(9)17-11(20)7-22-14-18-12(16)8-5-6-21-13(8)19-14/h1-6H,7H2,(H,17,20)(H2,16,18,19). The largest absolute Gasteiger partial charge is 0.383 e. The Hall–Kier alpha value is -2.19. The fourth-order valence-corrected chi connectivity index (χ4v) is 3.28. The van der Waals surface area contributed by atoms with Gasteiger partial charge in [0, 0.05) is 0 Å². The molecule has 8 heteroatoms. The number of rotatable bonds is 4. The summed E-state index contributed by atoms with van der Waals surface area (Å²) >= 11 is 2.62. The van der Waals surface area contributed by atoms with Gasteiger partial charge in [0.2, 0.25) is 5.91 Å². The molecule has 0 atom stereocenters. The van der Waals surface area contributed by atoms with Gasteiger partial charge in [-0.2, -0.15) is 0 Å².